The first-order valence-electron chi connectivity index (χ1n) is 10.3. The molecule has 0 fully saturated rings. The monoisotopic (exact) mass is 447 g/mol. The maximum absolute atomic E-state index is 13.5. The van der Waals surface area contributed by atoms with Gasteiger partial charge in [-0.25, -0.2) is 9.37 Å². The Balaban J connectivity index is 2.55. The average Bonchev–Trinajstić information content (AvgIpc) is 2.76. The third-order valence-electron chi connectivity index (χ3n) is 4.99. The number of methoxy groups -OCH3 is 2. The lowest BCUT2D eigenvalue weighted by Crippen LogP contribution is -2.20. The van der Waals surface area contributed by atoms with Crippen LogP contribution in [0, 0.1) is 5.82 Å². The van der Waals surface area contributed by atoms with E-state index in [1.165, 1.54) is 32.4 Å². The van der Waals surface area contributed by atoms with Crippen LogP contribution in [-0.2, 0) is 16.1 Å². The van der Waals surface area contributed by atoms with E-state index in [0.717, 1.165) is 0 Å². The van der Waals surface area contributed by atoms with Crippen LogP contribution in [-0.4, -0.2) is 52.7 Å². The number of rotatable bonds is 10. The van der Waals surface area contributed by atoms with E-state index in [1.807, 2.05) is 13.8 Å². The Morgan fingerprint density at radius 2 is 1.84 bits per heavy atom. The molecule has 2 aromatic rings. The Kier molecular flexibility index (Phi) is 9.31. The highest BCUT2D eigenvalue weighted by Crippen LogP contribution is 2.38. The van der Waals surface area contributed by atoms with Crippen molar-refractivity contribution in [2.45, 2.75) is 51.4 Å². The first kappa shape index (κ1) is 25.5. The summed E-state index contributed by atoms with van der Waals surface area (Å²) in [4.78, 5) is 15.9. The molecule has 0 spiro atoms. The van der Waals surface area contributed by atoms with Crippen molar-refractivity contribution in [1.82, 2.24) is 4.98 Å². The first-order chi connectivity index (χ1) is 15.2. The largest absolute Gasteiger partial charge is 0.481 e. The van der Waals surface area contributed by atoms with E-state index in [0.29, 0.717) is 27.9 Å². The third kappa shape index (κ3) is 6.35. The highest BCUT2D eigenvalue weighted by atomic mass is 19.1. The normalized spacial score (nSPS) is 13.4. The Morgan fingerprint density at radius 1 is 1.19 bits per heavy atom. The smallest absolute Gasteiger partial charge is 0.308 e. The molecule has 0 amide bonds. The second-order valence-corrected chi connectivity index (χ2v) is 7.69. The fourth-order valence-corrected chi connectivity index (χ4v) is 3.43. The van der Waals surface area contributed by atoms with Gasteiger partial charge >= 0.3 is 5.97 Å². The molecule has 174 valence electrons. The average molecular weight is 448 g/mol. The summed E-state index contributed by atoms with van der Waals surface area (Å²) >= 11 is 0. The molecule has 7 nitrogen and oxygen atoms in total. The van der Waals surface area contributed by atoms with Gasteiger partial charge in [-0.1, -0.05) is 38.1 Å². The number of halogens is 1. The van der Waals surface area contributed by atoms with Crippen LogP contribution in [0.1, 0.15) is 49.4 Å². The fraction of sp³-hybridized carbons (Fsp3) is 0.417. The van der Waals surface area contributed by atoms with Crippen LogP contribution in [0.5, 0.6) is 5.88 Å². The summed E-state index contributed by atoms with van der Waals surface area (Å²) in [6.45, 7) is 3.54. The Labute approximate surface area is 187 Å². The summed E-state index contributed by atoms with van der Waals surface area (Å²) in [7, 11) is 2.69. The zero-order valence-corrected chi connectivity index (χ0v) is 18.7. The van der Waals surface area contributed by atoms with Crippen molar-refractivity contribution in [3.8, 4) is 17.0 Å². The van der Waals surface area contributed by atoms with Crippen LogP contribution >= 0.6 is 0 Å². The number of aliphatic hydroxyl groups excluding tert-OH is 3. The summed E-state index contributed by atoms with van der Waals surface area (Å²) in [6, 6.07) is 5.84. The molecule has 32 heavy (non-hydrogen) atoms. The molecule has 2 atom stereocenters. The number of hydrogen-bond donors (Lipinski definition) is 3. The predicted octanol–water partition coefficient (Wildman–Crippen LogP) is 3.20. The highest BCUT2D eigenvalue weighted by Gasteiger charge is 2.22. The van der Waals surface area contributed by atoms with E-state index in [1.54, 1.807) is 18.2 Å². The van der Waals surface area contributed by atoms with E-state index in [4.69, 9.17) is 4.74 Å². The molecule has 0 radical (unpaired) electrons. The molecule has 2 unspecified atom stereocenters. The molecular formula is C24H30FNO6. The van der Waals surface area contributed by atoms with Crippen molar-refractivity contribution in [2.24, 2.45) is 0 Å². The molecule has 0 saturated heterocycles. The number of benzene rings is 1. The van der Waals surface area contributed by atoms with Gasteiger partial charge in [-0.3, -0.25) is 4.79 Å². The molecule has 0 bridgehead atoms. The molecule has 0 aliphatic rings. The Hall–Kier alpha value is -2.81. The van der Waals surface area contributed by atoms with Crippen LogP contribution in [0.4, 0.5) is 4.39 Å². The molecule has 0 saturated carbocycles. The minimum atomic E-state index is -1.06. The van der Waals surface area contributed by atoms with Crippen molar-refractivity contribution in [1.29, 1.82) is 0 Å². The number of ether oxygens (including phenoxy) is 2. The maximum atomic E-state index is 13.5. The Bertz CT molecular complexity index is 942. The quantitative estimate of drug-likeness (QED) is 0.480. The van der Waals surface area contributed by atoms with Crippen molar-refractivity contribution >= 4 is 12.0 Å². The highest BCUT2D eigenvalue weighted by molar-refractivity contribution is 5.81. The minimum absolute atomic E-state index is 0.0300. The summed E-state index contributed by atoms with van der Waals surface area (Å²) in [6.07, 6.45) is 0.753. The van der Waals surface area contributed by atoms with Gasteiger partial charge in [-0.05, 0) is 23.6 Å². The number of esters is 1. The fourth-order valence-electron chi connectivity index (χ4n) is 3.43. The van der Waals surface area contributed by atoms with Crippen LogP contribution in [0.2, 0.25) is 0 Å². The molecule has 1 heterocycles. The molecule has 0 aliphatic heterocycles. The number of pyridine rings is 1. The topological polar surface area (TPSA) is 109 Å². The third-order valence-corrected chi connectivity index (χ3v) is 4.99. The number of carbonyl (C=O) groups excluding carboxylic acids is 1. The van der Waals surface area contributed by atoms with Crippen molar-refractivity contribution in [3.05, 3.63) is 53.0 Å². The molecule has 3 N–H and O–H groups in total. The van der Waals surface area contributed by atoms with Crippen LogP contribution in [0.15, 0.2) is 30.3 Å². The first-order valence-corrected chi connectivity index (χ1v) is 10.3. The van der Waals surface area contributed by atoms with Gasteiger partial charge in [-0.2, -0.15) is 0 Å². The van der Waals surface area contributed by atoms with E-state index < -0.39 is 24.0 Å². The van der Waals surface area contributed by atoms with Gasteiger partial charge in [0, 0.05) is 23.1 Å². The number of aliphatic hydroxyl groups is 3. The minimum Gasteiger partial charge on any atom is -0.481 e. The van der Waals surface area contributed by atoms with Crippen molar-refractivity contribution in [2.75, 3.05) is 14.2 Å². The van der Waals surface area contributed by atoms with Gasteiger partial charge < -0.3 is 24.8 Å². The summed E-state index contributed by atoms with van der Waals surface area (Å²) in [5.41, 5.74) is 3.00. The van der Waals surface area contributed by atoms with E-state index in [9.17, 15) is 24.5 Å². The SMILES string of the molecule is COC(=O)CC(O)CC(O)/C=C/c1c(C(C)C)nc(OC)c(CO)c1-c1ccc(F)cc1. The lowest BCUT2D eigenvalue weighted by atomic mass is 9.90. The number of aromatic nitrogens is 1. The molecule has 1 aromatic carbocycles. The van der Waals surface area contributed by atoms with Gasteiger partial charge in [0.15, 0.2) is 0 Å². The lowest BCUT2D eigenvalue weighted by Gasteiger charge is -2.20. The zero-order valence-electron chi connectivity index (χ0n) is 18.7. The number of carbonyl (C=O) groups is 1. The van der Waals surface area contributed by atoms with Crippen molar-refractivity contribution < 1.29 is 34.0 Å². The van der Waals surface area contributed by atoms with Crippen LogP contribution in [0.25, 0.3) is 17.2 Å². The standard InChI is InChI=1S/C24H30FNO6/c1-14(2)23-19(10-9-17(28)11-18(29)12-21(30)31-3)22(15-5-7-16(25)8-6-15)20(13-27)24(26-23)32-4/h5-10,14,17-18,27-29H,11-13H2,1-4H3/b10-9+. The zero-order chi connectivity index (χ0) is 23.8. The van der Waals surface area contributed by atoms with Gasteiger partial charge in [-0.15, -0.1) is 0 Å². The second kappa shape index (κ2) is 11.7. The van der Waals surface area contributed by atoms with Crippen LogP contribution in [0.3, 0.4) is 0 Å². The maximum Gasteiger partial charge on any atom is 0.308 e. The molecular weight excluding hydrogens is 417 g/mol. The van der Waals surface area contributed by atoms with E-state index in [-0.39, 0.29) is 31.2 Å². The molecule has 0 aliphatic carbocycles. The van der Waals surface area contributed by atoms with Crippen LogP contribution < -0.4 is 4.74 Å². The van der Waals surface area contributed by atoms with Gasteiger partial charge in [0.05, 0.1) is 45.1 Å². The molecule has 1 aromatic heterocycles. The molecule has 8 heteroatoms. The molecule has 2 rings (SSSR count). The summed E-state index contributed by atoms with van der Waals surface area (Å²) in [5.74, 6) is -0.725. The van der Waals surface area contributed by atoms with Gasteiger partial charge in [0.25, 0.3) is 0 Å². The number of nitrogens with zero attached hydrogens (tertiary/aromatic N) is 1. The summed E-state index contributed by atoms with van der Waals surface area (Å²) < 4.78 is 23.5. The van der Waals surface area contributed by atoms with Crippen molar-refractivity contribution in [3.63, 3.8) is 0 Å². The van der Waals surface area contributed by atoms with Gasteiger partial charge in [0.2, 0.25) is 5.88 Å². The van der Waals surface area contributed by atoms with E-state index >= 15 is 0 Å². The second-order valence-electron chi connectivity index (χ2n) is 7.69. The predicted molar refractivity (Wildman–Crippen MR) is 118 cm³/mol. The lowest BCUT2D eigenvalue weighted by molar-refractivity contribution is -0.143. The van der Waals surface area contributed by atoms with Gasteiger partial charge in [0.1, 0.15) is 5.82 Å². The number of hydrogen-bond acceptors (Lipinski definition) is 7. The Morgan fingerprint density at radius 3 is 2.38 bits per heavy atom. The van der Waals surface area contributed by atoms with E-state index in [2.05, 4.69) is 9.72 Å². The summed E-state index contributed by atoms with van der Waals surface area (Å²) in [5, 5.41) is 30.4.